The highest BCUT2D eigenvalue weighted by molar-refractivity contribution is 5.87. The van der Waals surface area contributed by atoms with Crippen molar-refractivity contribution in [2.45, 2.75) is 32.1 Å². The number of nitrogens with zero attached hydrogens (tertiary/aromatic N) is 2. The van der Waals surface area contributed by atoms with Crippen molar-refractivity contribution >= 4 is 10.8 Å². The summed E-state index contributed by atoms with van der Waals surface area (Å²) in [6.45, 7) is 5.30. The van der Waals surface area contributed by atoms with E-state index in [1.54, 1.807) is 0 Å². The number of benzene rings is 2. The summed E-state index contributed by atoms with van der Waals surface area (Å²) >= 11 is 0. The van der Waals surface area contributed by atoms with E-state index >= 15 is 0 Å². The number of fused-ring (bicyclic) bond motifs is 1. The molecule has 0 amide bonds. The predicted octanol–water partition coefficient (Wildman–Crippen LogP) is 4.60. The number of rotatable bonds is 6. The van der Waals surface area contributed by atoms with E-state index in [4.69, 9.17) is 0 Å². The summed E-state index contributed by atoms with van der Waals surface area (Å²) in [6.07, 6.45) is 1.86. The van der Waals surface area contributed by atoms with E-state index in [0.29, 0.717) is 5.92 Å². The Morgan fingerprint density at radius 3 is 2.45 bits per heavy atom. The second-order valence-corrected chi connectivity index (χ2v) is 6.47. The first-order chi connectivity index (χ1) is 10.5. The van der Waals surface area contributed by atoms with Crippen molar-refractivity contribution in [3.63, 3.8) is 0 Å². The van der Waals surface area contributed by atoms with Gasteiger partial charge in [0.15, 0.2) is 0 Å². The molecule has 22 heavy (non-hydrogen) atoms. The molecule has 0 spiro atoms. The van der Waals surface area contributed by atoms with E-state index < -0.39 is 5.41 Å². The Morgan fingerprint density at radius 2 is 1.82 bits per heavy atom. The molecule has 0 saturated carbocycles. The molecule has 2 nitrogen and oxygen atoms in total. The third kappa shape index (κ3) is 3.00. The topological polar surface area (TPSA) is 27.0 Å². The van der Waals surface area contributed by atoms with Gasteiger partial charge in [-0.25, -0.2) is 0 Å². The first-order valence-corrected chi connectivity index (χ1v) is 8.09. The fourth-order valence-electron chi connectivity index (χ4n) is 3.24. The summed E-state index contributed by atoms with van der Waals surface area (Å²) in [7, 11) is 4.14. The lowest BCUT2D eigenvalue weighted by molar-refractivity contribution is 0.286. The van der Waals surface area contributed by atoms with Crippen LogP contribution in [0, 0.1) is 17.2 Å². The third-order valence-corrected chi connectivity index (χ3v) is 4.88. The van der Waals surface area contributed by atoms with Crippen molar-refractivity contribution in [1.82, 2.24) is 4.90 Å². The Morgan fingerprint density at radius 1 is 1.14 bits per heavy atom. The van der Waals surface area contributed by atoms with Crippen LogP contribution in [0.25, 0.3) is 10.8 Å². The van der Waals surface area contributed by atoms with Gasteiger partial charge in [-0.15, -0.1) is 0 Å². The van der Waals surface area contributed by atoms with Crippen LogP contribution in [0.3, 0.4) is 0 Å². The zero-order chi connectivity index (χ0) is 16.2. The average molecular weight is 294 g/mol. The van der Waals surface area contributed by atoms with Crippen molar-refractivity contribution in [2.24, 2.45) is 5.92 Å². The van der Waals surface area contributed by atoms with Crippen LogP contribution in [-0.4, -0.2) is 25.5 Å². The SMILES string of the molecule is CC[C@H](C)[C@@](C#N)(CCN(C)C)c1cccc2ccccc12. The molecule has 0 aliphatic rings. The van der Waals surface area contributed by atoms with Gasteiger partial charge >= 0.3 is 0 Å². The molecule has 116 valence electrons. The van der Waals surface area contributed by atoms with Crippen molar-refractivity contribution in [3.8, 4) is 6.07 Å². The van der Waals surface area contributed by atoms with Gasteiger partial charge in [0, 0.05) is 0 Å². The van der Waals surface area contributed by atoms with Crippen molar-refractivity contribution in [1.29, 1.82) is 5.26 Å². The highest BCUT2D eigenvalue weighted by Crippen LogP contribution is 2.40. The quantitative estimate of drug-likeness (QED) is 0.778. The molecule has 0 bridgehead atoms. The van der Waals surface area contributed by atoms with E-state index in [1.165, 1.54) is 16.3 Å². The minimum Gasteiger partial charge on any atom is -0.309 e. The van der Waals surface area contributed by atoms with Crippen LogP contribution in [0.4, 0.5) is 0 Å². The Hall–Kier alpha value is -1.85. The fourth-order valence-corrected chi connectivity index (χ4v) is 3.24. The van der Waals surface area contributed by atoms with Gasteiger partial charge in [0.2, 0.25) is 0 Å². The molecule has 0 heterocycles. The molecule has 2 rings (SSSR count). The van der Waals surface area contributed by atoms with Crippen LogP contribution in [-0.2, 0) is 5.41 Å². The van der Waals surface area contributed by atoms with Crippen molar-refractivity contribution in [2.75, 3.05) is 20.6 Å². The maximum absolute atomic E-state index is 10.1. The van der Waals surface area contributed by atoms with E-state index in [2.05, 4.69) is 81.4 Å². The van der Waals surface area contributed by atoms with Crippen LogP contribution in [0.15, 0.2) is 42.5 Å². The lowest BCUT2D eigenvalue weighted by Gasteiger charge is -2.35. The van der Waals surface area contributed by atoms with Gasteiger partial charge in [0.1, 0.15) is 0 Å². The van der Waals surface area contributed by atoms with Gasteiger partial charge < -0.3 is 4.90 Å². The summed E-state index contributed by atoms with van der Waals surface area (Å²) in [6, 6.07) is 17.5. The number of nitriles is 1. The van der Waals surface area contributed by atoms with Crippen molar-refractivity contribution in [3.05, 3.63) is 48.0 Å². The Bertz CT molecular complexity index is 663. The summed E-state index contributed by atoms with van der Waals surface area (Å²) in [5.41, 5.74) is 0.754. The lowest BCUT2D eigenvalue weighted by Crippen LogP contribution is -2.35. The second-order valence-electron chi connectivity index (χ2n) is 6.47. The molecule has 0 aliphatic heterocycles. The largest absolute Gasteiger partial charge is 0.309 e. The number of hydrogen-bond donors (Lipinski definition) is 0. The van der Waals surface area contributed by atoms with Crippen molar-refractivity contribution < 1.29 is 0 Å². The Kier molecular flexibility index (Phi) is 5.21. The maximum Gasteiger partial charge on any atom is 0.0865 e. The zero-order valence-electron chi connectivity index (χ0n) is 14.1. The first kappa shape index (κ1) is 16.5. The molecule has 0 fully saturated rings. The summed E-state index contributed by atoms with van der Waals surface area (Å²) in [5, 5.41) is 12.6. The van der Waals surface area contributed by atoms with E-state index in [1.807, 2.05) is 0 Å². The van der Waals surface area contributed by atoms with Crippen LogP contribution in [0.5, 0.6) is 0 Å². The van der Waals surface area contributed by atoms with Gasteiger partial charge in [-0.2, -0.15) is 5.26 Å². The average Bonchev–Trinajstić information content (AvgIpc) is 2.55. The molecular weight excluding hydrogens is 268 g/mol. The first-order valence-electron chi connectivity index (χ1n) is 8.09. The summed E-state index contributed by atoms with van der Waals surface area (Å²) < 4.78 is 0. The van der Waals surface area contributed by atoms with Gasteiger partial charge in [0.25, 0.3) is 0 Å². The summed E-state index contributed by atoms with van der Waals surface area (Å²) in [4.78, 5) is 2.17. The molecular formula is C20H26N2. The molecule has 0 N–H and O–H groups in total. The van der Waals surface area contributed by atoms with E-state index in [-0.39, 0.29) is 0 Å². The zero-order valence-corrected chi connectivity index (χ0v) is 14.1. The normalized spacial score (nSPS) is 15.5. The number of hydrogen-bond acceptors (Lipinski definition) is 2. The monoisotopic (exact) mass is 294 g/mol. The van der Waals surface area contributed by atoms with E-state index in [0.717, 1.165) is 19.4 Å². The Balaban J connectivity index is 2.63. The second kappa shape index (κ2) is 6.94. The third-order valence-electron chi connectivity index (χ3n) is 4.88. The molecule has 2 aromatic carbocycles. The van der Waals surface area contributed by atoms with Gasteiger partial charge in [-0.05, 0) is 49.3 Å². The van der Waals surface area contributed by atoms with Gasteiger partial charge in [-0.3, -0.25) is 0 Å². The van der Waals surface area contributed by atoms with Crippen LogP contribution < -0.4 is 0 Å². The Labute approximate surface area is 134 Å². The van der Waals surface area contributed by atoms with Crippen LogP contribution in [0.2, 0.25) is 0 Å². The van der Waals surface area contributed by atoms with Crippen LogP contribution in [0.1, 0.15) is 32.3 Å². The smallest absolute Gasteiger partial charge is 0.0865 e. The maximum atomic E-state index is 10.1. The fraction of sp³-hybridized carbons (Fsp3) is 0.450. The van der Waals surface area contributed by atoms with Gasteiger partial charge in [0.05, 0.1) is 11.5 Å². The standard InChI is InChI=1S/C20H26N2/c1-5-16(2)20(15-21,13-14-22(3)4)19-12-8-10-17-9-6-7-11-18(17)19/h6-12,16H,5,13-14H2,1-4H3/t16-,20-/m0/s1. The molecule has 0 aromatic heterocycles. The van der Waals surface area contributed by atoms with Gasteiger partial charge in [-0.1, -0.05) is 62.7 Å². The predicted molar refractivity (Wildman–Crippen MR) is 93.9 cm³/mol. The lowest BCUT2D eigenvalue weighted by atomic mass is 9.67. The molecule has 0 radical (unpaired) electrons. The highest BCUT2D eigenvalue weighted by Gasteiger charge is 2.38. The molecule has 0 aliphatic carbocycles. The highest BCUT2D eigenvalue weighted by atomic mass is 15.0. The van der Waals surface area contributed by atoms with E-state index in [9.17, 15) is 5.26 Å². The molecule has 2 heteroatoms. The molecule has 2 atom stereocenters. The molecule has 0 saturated heterocycles. The molecule has 2 aromatic rings. The van der Waals surface area contributed by atoms with Crippen LogP contribution >= 0.6 is 0 Å². The minimum absolute atomic E-state index is 0.322. The molecule has 0 unspecified atom stereocenters. The minimum atomic E-state index is -0.431. The summed E-state index contributed by atoms with van der Waals surface area (Å²) in [5.74, 6) is 0.322.